The number of rotatable bonds is 3. The number of anilines is 4. The Kier molecular flexibility index (Phi) is 4.17. The molecule has 1 aliphatic carbocycles. The Morgan fingerprint density at radius 1 is 1.12 bits per heavy atom. The van der Waals surface area contributed by atoms with Crippen LogP contribution in [0.15, 0.2) is 18.5 Å². The summed E-state index contributed by atoms with van der Waals surface area (Å²) in [5, 5.41) is 2.81. The molecule has 2 heterocycles. The Balaban J connectivity index is 1.45. The van der Waals surface area contributed by atoms with Gasteiger partial charge in [0.05, 0.1) is 23.8 Å². The van der Waals surface area contributed by atoms with Gasteiger partial charge in [0.25, 0.3) is 0 Å². The number of halogens is 2. The molecule has 1 spiro atoms. The average molecular weight is 359 g/mol. The van der Waals surface area contributed by atoms with Gasteiger partial charge in [-0.05, 0) is 25.8 Å². The third-order valence-corrected chi connectivity index (χ3v) is 5.66. The topological polar surface area (TPSA) is 67.1 Å². The van der Waals surface area contributed by atoms with Crippen LogP contribution >= 0.6 is 0 Å². The van der Waals surface area contributed by atoms with Crippen molar-refractivity contribution in [2.75, 3.05) is 29.0 Å². The molecule has 1 saturated heterocycles. The van der Waals surface area contributed by atoms with Gasteiger partial charge in [-0.3, -0.25) is 0 Å². The van der Waals surface area contributed by atoms with Crippen LogP contribution in [0, 0.1) is 24.0 Å². The molecule has 2 aromatic rings. The lowest BCUT2D eigenvalue weighted by Gasteiger charge is -2.52. The standard InChI is InChI=1S/C19H23F2N5/c1-12-13(20)7-14(22)18(17(12)21)25-15-8-24-16(9-23-15)26-10-19(11-26)5-3-2-4-6-19/h7-9H,2-6,10-11,22H2,1H3,(H,23,25). The second kappa shape index (κ2) is 6.37. The normalized spacial score (nSPS) is 18.7. The monoisotopic (exact) mass is 359 g/mol. The lowest BCUT2D eigenvalue weighted by Crippen LogP contribution is -2.57. The van der Waals surface area contributed by atoms with Gasteiger partial charge in [-0.25, -0.2) is 18.7 Å². The Morgan fingerprint density at radius 3 is 2.50 bits per heavy atom. The van der Waals surface area contributed by atoms with Crippen molar-refractivity contribution in [3.63, 3.8) is 0 Å². The maximum atomic E-state index is 14.2. The SMILES string of the molecule is Cc1c(F)cc(N)c(Nc2cnc(N3CC4(CCCCC4)C3)cn2)c1F. The number of benzene rings is 1. The molecule has 1 saturated carbocycles. The lowest BCUT2D eigenvalue weighted by molar-refractivity contribution is 0.138. The quantitative estimate of drug-likeness (QED) is 0.806. The van der Waals surface area contributed by atoms with Crippen molar-refractivity contribution in [1.82, 2.24) is 9.97 Å². The molecule has 26 heavy (non-hydrogen) atoms. The van der Waals surface area contributed by atoms with Crippen LogP contribution in [0.25, 0.3) is 0 Å². The molecule has 7 heteroatoms. The van der Waals surface area contributed by atoms with E-state index in [1.54, 1.807) is 12.4 Å². The summed E-state index contributed by atoms with van der Waals surface area (Å²) >= 11 is 0. The largest absolute Gasteiger partial charge is 0.397 e. The first-order valence-electron chi connectivity index (χ1n) is 9.06. The number of nitrogens with zero attached hydrogens (tertiary/aromatic N) is 3. The van der Waals surface area contributed by atoms with Gasteiger partial charge in [0.2, 0.25) is 0 Å². The molecule has 0 amide bonds. The van der Waals surface area contributed by atoms with Gasteiger partial charge in [-0.2, -0.15) is 0 Å². The van der Waals surface area contributed by atoms with E-state index in [0.717, 1.165) is 25.0 Å². The molecule has 0 radical (unpaired) electrons. The zero-order valence-electron chi connectivity index (χ0n) is 14.9. The predicted octanol–water partition coefficient (Wildman–Crippen LogP) is 4.16. The first-order chi connectivity index (χ1) is 12.5. The van der Waals surface area contributed by atoms with E-state index >= 15 is 0 Å². The van der Waals surface area contributed by atoms with E-state index in [9.17, 15) is 8.78 Å². The summed E-state index contributed by atoms with van der Waals surface area (Å²) in [4.78, 5) is 11.0. The van der Waals surface area contributed by atoms with E-state index in [-0.39, 0.29) is 16.9 Å². The zero-order chi connectivity index (χ0) is 18.3. The predicted molar refractivity (Wildman–Crippen MR) is 98.6 cm³/mol. The van der Waals surface area contributed by atoms with Gasteiger partial charge in [0.15, 0.2) is 5.82 Å². The Hall–Kier alpha value is -2.44. The molecule has 4 rings (SSSR count). The van der Waals surface area contributed by atoms with Gasteiger partial charge in [0, 0.05) is 24.1 Å². The first-order valence-corrected chi connectivity index (χ1v) is 9.06. The van der Waals surface area contributed by atoms with Crippen molar-refractivity contribution in [3.8, 4) is 0 Å². The molecule has 0 bridgehead atoms. The molecule has 138 valence electrons. The van der Waals surface area contributed by atoms with Gasteiger partial charge < -0.3 is 16.0 Å². The number of hydrogen-bond donors (Lipinski definition) is 2. The minimum Gasteiger partial charge on any atom is -0.397 e. The molecule has 0 unspecified atom stereocenters. The van der Waals surface area contributed by atoms with Gasteiger partial charge >= 0.3 is 0 Å². The third kappa shape index (κ3) is 2.95. The number of nitrogens with two attached hydrogens (primary N) is 1. The smallest absolute Gasteiger partial charge is 0.154 e. The molecular weight excluding hydrogens is 336 g/mol. The second-order valence-electron chi connectivity index (χ2n) is 7.56. The van der Waals surface area contributed by atoms with Crippen molar-refractivity contribution in [2.24, 2.45) is 5.41 Å². The van der Waals surface area contributed by atoms with Gasteiger partial charge in [0.1, 0.15) is 17.5 Å². The van der Waals surface area contributed by atoms with Gasteiger partial charge in [-0.1, -0.05) is 19.3 Å². The molecule has 0 atom stereocenters. The Morgan fingerprint density at radius 2 is 1.85 bits per heavy atom. The minimum absolute atomic E-state index is 0.00143. The van der Waals surface area contributed by atoms with E-state index < -0.39 is 11.6 Å². The van der Waals surface area contributed by atoms with E-state index in [2.05, 4.69) is 20.2 Å². The number of nitrogens with one attached hydrogen (secondary N) is 1. The summed E-state index contributed by atoms with van der Waals surface area (Å²) in [5.41, 5.74) is 6.14. The maximum absolute atomic E-state index is 14.2. The zero-order valence-corrected chi connectivity index (χ0v) is 14.9. The number of hydrogen-bond acceptors (Lipinski definition) is 5. The van der Waals surface area contributed by atoms with Crippen molar-refractivity contribution in [3.05, 3.63) is 35.7 Å². The van der Waals surface area contributed by atoms with Crippen LogP contribution in [0.1, 0.15) is 37.7 Å². The van der Waals surface area contributed by atoms with Crippen molar-refractivity contribution >= 4 is 23.0 Å². The molecule has 1 aliphatic heterocycles. The molecule has 1 aromatic heterocycles. The van der Waals surface area contributed by atoms with E-state index in [1.807, 2.05) is 0 Å². The lowest BCUT2D eigenvalue weighted by atomic mass is 9.69. The molecule has 5 nitrogen and oxygen atoms in total. The number of aromatic nitrogens is 2. The Bertz CT molecular complexity index is 808. The van der Waals surface area contributed by atoms with Crippen LogP contribution in [-0.2, 0) is 0 Å². The minimum atomic E-state index is -0.713. The fraction of sp³-hybridized carbons (Fsp3) is 0.474. The fourth-order valence-electron chi connectivity index (χ4n) is 4.08. The summed E-state index contributed by atoms with van der Waals surface area (Å²) in [6.45, 7) is 3.44. The number of nitrogen functional groups attached to an aromatic ring is 1. The van der Waals surface area contributed by atoms with E-state index in [4.69, 9.17) is 5.73 Å². The maximum Gasteiger partial charge on any atom is 0.154 e. The summed E-state index contributed by atoms with van der Waals surface area (Å²) in [6, 6.07) is 1.10. The highest BCUT2D eigenvalue weighted by molar-refractivity contribution is 5.73. The molecule has 1 aromatic carbocycles. The molecular formula is C19H23F2N5. The van der Waals surface area contributed by atoms with Crippen LogP contribution in [0.2, 0.25) is 0 Å². The molecule has 2 aliphatic rings. The molecule has 3 N–H and O–H groups in total. The summed E-state index contributed by atoms with van der Waals surface area (Å²) < 4.78 is 27.8. The van der Waals surface area contributed by atoms with Gasteiger partial charge in [-0.15, -0.1) is 0 Å². The van der Waals surface area contributed by atoms with Crippen molar-refractivity contribution < 1.29 is 8.78 Å². The third-order valence-electron chi connectivity index (χ3n) is 5.66. The second-order valence-corrected chi connectivity index (χ2v) is 7.56. The van der Waals surface area contributed by atoms with E-state index in [1.165, 1.54) is 39.0 Å². The van der Waals surface area contributed by atoms with Crippen LogP contribution in [-0.4, -0.2) is 23.1 Å². The highest BCUT2D eigenvalue weighted by Gasteiger charge is 2.43. The first kappa shape index (κ1) is 17.0. The van der Waals surface area contributed by atoms with E-state index in [0.29, 0.717) is 11.2 Å². The van der Waals surface area contributed by atoms with Crippen LogP contribution in [0.4, 0.5) is 31.8 Å². The molecule has 2 fully saturated rings. The highest BCUT2D eigenvalue weighted by Crippen LogP contribution is 2.45. The average Bonchev–Trinajstić information content (AvgIpc) is 2.63. The van der Waals surface area contributed by atoms with Crippen LogP contribution in [0.3, 0.4) is 0 Å². The highest BCUT2D eigenvalue weighted by atomic mass is 19.1. The van der Waals surface area contributed by atoms with Crippen molar-refractivity contribution in [1.29, 1.82) is 0 Å². The summed E-state index contributed by atoms with van der Waals surface area (Å²) in [5.74, 6) is -0.175. The summed E-state index contributed by atoms with van der Waals surface area (Å²) in [6.07, 6.45) is 9.85. The van der Waals surface area contributed by atoms with Crippen LogP contribution < -0.4 is 16.0 Å². The van der Waals surface area contributed by atoms with Crippen LogP contribution in [0.5, 0.6) is 0 Å². The Labute approximate surface area is 151 Å². The fourth-order valence-corrected chi connectivity index (χ4v) is 4.08. The summed E-state index contributed by atoms with van der Waals surface area (Å²) in [7, 11) is 0. The van der Waals surface area contributed by atoms with Crippen molar-refractivity contribution in [2.45, 2.75) is 39.0 Å².